The van der Waals surface area contributed by atoms with Crippen molar-refractivity contribution in [3.63, 3.8) is 0 Å². The van der Waals surface area contributed by atoms with E-state index in [2.05, 4.69) is 15.6 Å². The van der Waals surface area contributed by atoms with Gasteiger partial charge in [-0.25, -0.2) is 13.8 Å². The average molecular weight is 482 g/mol. The van der Waals surface area contributed by atoms with Crippen LogP contribution in [0, 0.1) is 6.92 Å². The average Bonchev–Trinajstić information content (AvgIpc) is 3.14. The highest BCUT2D eigenvalue weighted by Gasteiger charge is 2.15. The van der Waals surface area contributed by atoms with Crippen molar-refractivity contribution >= 4 is 17.8 Å². The molecule has 0 aliphatic heterocycles. The molecule has 2 rings (SSSR count). The second-order valence-electron chi connectivity index (χ2n) is 7.02. The largest absolute Gasteiger partial charge is 0.482 e. The molecule has 4 N–H and O–H groups in total. The monoisotopic (exact) mass is 481 g/mol. The minimum absolute atomic E-state index is 0.135. The first kappa shape index (κ1) is 28.6. The molecular formula is C23H33F2N5O4. The summed E-state index contributed by atoms with van der Waals surface area (Å²) in [4.78, 5) is 25.3. The zero-order valence-electron chi connectivity index (χ0n) is 19.9. The quantitative estimate of drug-likeness (QED) is 0.174. The molecule has 34 heavy (non-hydrogen) atoms. The van der Waals surface area contributed by atoms with Crippen LogP contribution in [0.1, 0.15) is 42.4 Å². The Kier molecular flexibility index (Phi) is 12.9. The van der Waals surface area contributed by atoms with Gasteiger partial charge in [0.1, 0.15) is 30.0 Å². The minimum Gasteiger partial charge on any atom is -0.482 e. The number of aromatic nitrogens is 2. The number of aldehydes is 1. The van der Waals surface area contributed by atoms with E-state index in [9.17, 15) is 18.4 Å². The number of rotatable bonds is 13. The number of amides is 1. The summed E-state index contributed by atoms with van der Waals surface area (Å²) in [6, 6.07) is 3.28. The van der Waals surface area contributed by atoms with Crippen LogP contribution in [-0.4, -0.2) is 55.3 Å². The van der Waals surface area contributed by atoms with Crippen molar-refractivity contribution in [1.82, 2.24) is 20.0 Å². The van der Waals surface area contributed by atoms with Crippen LogP contribution in [0.4, 0.5) is 8.78 Å². The van der Waals surface area contributed by atoms with Crippen LogP contribution < -0.4 is 21.1 Å². The summed E-state index contributed by atoms with van der Waals surface area (Å²) in [5.74, 6) is 0.0628. The van der Waals surface area contributed by atoms with E-state index in [0.29, 0.717) is 23.5 Å². The van der Waals surface area contributed by atoms with Crippen LogP contribution in [-0.2, 0) is 9.53 Å². The molecule has 1 amide bonds. The third kappa shape index (κ3) is 9.18. The Labute approximate surface area is 198 Å². The van der Waals surface area contributed by atoms with Gasteiger partial charge in [-0.05, 0) is 58.5 Å². The van der Waals surface area contributed by atoms with Crippen LogP contribution in [0.3, 0.4) is 0 Å². The van der Waals surface area contributed by atoms with Crippen LogP contribution in [0.2, 0.25) is 0 Å². The topological polar surface area (TPSA) is 120 Å². The highest BCUT2D eigenvalue weighted by Crippen LogP contribution is 2.20. The molecule has 0 unspecified atom stereocenters. The van der Waals surface area contributed by atoms with Crippen molar-refractivity contribution in [2.45, 2.75) is 39.5 Å². The lowest BCUT2D eigenvalue weighted by Gasteiger charge is -2.14. The van der Waals surface area contributed by atoms with Crippen molar-refractivity contribution in [2.24, 2.45) is 5.73 Å². The molecule has 0 bridgehead atoms. The second kappa shape index (κ2) is 15.4. The number of alkyl halides is 2. The Hall–Kier alpha value is -3.47. The molecule has 0 aromatic carbocycles. The zero-order chi connectivity index (χ0) is 25.5. The van der Waals surface area contributed by atoms with Gasteiger partial charge in [-0.2, -0.15) is 0 Å². The van der Waals surface area contributed by atoms with E-state index in [1.54, 1.807) is 49.7 Å². The lowest BCUT2D eigenvalue weighted by Crippen LogP contribution is -2.17. The Morgan fingerprint density at radius 2 is 2.03 bits per heavy atom. The Balaban J connectivity index is 0.000000620. The number of pyridine rings is 1. The van der Waals surface area contributed by atoms with E-state index >= 15 is 0 Å². The van der Waals surface area contributed by atoms with E-state index in [1.807, 2.05) is 7.05 Å². The molecule has 0 spiro atoms. The maximum atomic E-state index is 12.4. The number of nitrogens with zero attached hydrogens (tertiary/aromatic N) is 2. The van der Waals surface area contributed by atoms with Crippen molar-refractivity contribution < 1.29 is 27.8 Å². The predicted molar refractivity (Wildman–Crippen MR) is 126 cm³/mol. The summed E-state index contributed by atoms with van der Waals surface area (Å²) in [7, 11) is 3.50. The maximum absolute atomic E-state index is 12.4. The fourth-order valence-corrected chi connectivity index (χ4v) is 2.80. The summed E-state index contributed by atoms with van der Waals surface area (Å²) in [6.45, 7) is 3.70. The van der Waals surface area contributed by atoms with E-state index in [-0.39, 0.29) is 17.3 Å². The van der Waals surface area contributed by atoms with E-state index < -0.39 is 18.9 Å². The van der Waals surface area contributed by atoms with Crippen LogP contribution in [0.5, 0.6) is 5.75 Å². The van der Waals surface area contributed by atoms with Gasteiger partial charge in [-0.15, -0.1) is 0 Å². The van der Waals surface area contributed by atoms with E-state index in [0.717, 1.165) is 25.7 Å². The molecule has 0 radical (unpaired) electrons. The number of imidazole rings is 1. The number of carbonyl (C=O) groups is 2. The molecular weight excluding hydrogens is 448 g/mol. The van der Waals surface area contributed by atoms with Crippen molar-refractivity contribution in [2.75, 3.05) is 27.2 Å². The number of halogens is 2. The number of nitrogens with two attached hydrogens (primary N) is 1. The van der Waals surface area contributed by atoms with Crippen molar-refractivity contribution in [1.29, 1.82) is 0 Å². The van der Waals surface area contributed by atoms with Crippen molar-refractivity contribution in [3.8, 4) is 5.75 Å². The smallest absolute Gasteiger partial charge is 0.272 e. The summed E-state index contributed by atoms with van der Waals surface area (Å²) in [5, 5.41) is 5.79. The molecule has 188 valence electrons. The lowest BCUT2D eigenvalue weighted by molar-refractivity contribution is -0.107. The van der Waals surface area contributed by atoms with Crippen LogP contribution >= 0.6 is 0 Å². The lowest BCUT2D eigenvalue weighted by atomic mass is 10.2. The van der Waals surface area contributed by atoms with Crippen LogP contribution in [0.25, 0.3) is 5.65 Å². The number of fused-ring (bicyclic) bond motifs is 1. The standard InChI is InChI=1S/C17H20F2N4O3.C6H13NO/c1-4-5-12(25-9-13(18)19)17(21-3)26-11-6-7-14-22-15(16(20)24)10(2)23(14)8-11;1-7-5-3-2-4-6-8/h4-8,13,21H,9H2,1-3H3,(H2,20,24);6-7H,2-5H2,1H3/b5-4-,17-12-;. The number of hydrogen-bond donors (Lipinski definition) is 3. The first-order valence-corrected chi connectivity index (χ1v) is 10.8. The van der Waals surface area contributed by atoms with Gasteiger partial charge in [0.2, 0.25) is 5.88 Å². The number of nitrogens with one attached hydrogen (secondary N) is 2. The molecule has 9 nitrogen and oxygen atoms in total. The Morgan fingerprint density at radius 1 is 1.29 bits per heavy atom. The van der Waals surface area contributed by atoms with Gasteiger partial charge in [0.05, 0.1) is 11.9 Å². The number of carbonyl (C=O) groups excluding carboxylic acids is 2. The summed E-state index contributed by atoms with van der Waals surface area (Å²) in [6.07, 6.45) is 5.97. The molecule has 2 heterocycles. The molecule has 2 aromatic rings. The normalized spacial score (nSPS) is 11.7. The number of primary amides is 1. The molecule has 0 saturated heterocycles. The van der Waals surface area contributed by atoms with Gasteiger partial charge in [0.15, 0.2) is 5.76 Å². The number of unbranched alkanes of at least 4 members (excludes halogenated alkanes) is 2. The SMILES string of the molecule is C/C=C\C(OCC(F)F)=C(/NC)Oc1ccc2nc(C(N)=O)c(C)n2c1.CNCCCCC=O. The summed E-state index contributed by atoms with van der Waals surface area (Å²) < 4.78 is 37.3. The van der Waals surface area contributed by atoms with Gasteiger partial charge < -0.3 is 30.6 Å². The molecule has 0 atom stereocenters. The van der Waals surface area contributed by atoms with Gasteiger partial charge in [-0.3, -0.25) is 9.20 Å². The Morgan fingerprint density at radius 3 is 2.59 bits per heavy atom. The van der Waals surface area contributed by atoms with E-state index in [4.69, 9.17) is 15.2 Å². The molecule has 0 aliphatic carbocycles. The summed E-state index contributed by atoms with van der Waals surface area (Å²) in [5.41, 5.74) is 6.56. The number of allylic oxidation sites excluding steroid dienone is 2. The summed E-state index contributed by atoms with van der Waals surface area (Å²) >= 11 is 0. The molecule has 11 heteroatoms. The minimum atomic E-state index is -2.61. The highest BCUT2D eigenvalue weighted by molar-refractivity contribution is 5.92. The van der Waals surface area contributed by atoms with Crippen LogP contribution in [0.15, 0.2) is 42.1 Å². The predicted octanol–water partition coefficient (Wildman–Crippen LogP) is 2.94. The third-order valence-electron chi connectivity index (χ3n) is 4.42. The van der Waals surface area contributed by atoms with Crippen molar-refractivity contribution in [3.05, 3.63) is 53.5 Å². The zero-order valence-corrected chi connectivity index (χ0v) is 19.9. The van der Waals surface area contributed by atoms with Gasteiger partial charge in [0, 0.05) is 13.5 Å². The number of aryl methyl sites for hydroxylation is 1. The fourth-order valence-electron chi connectivity index (χ4n) is 2.80. The van der Waals surface area contributed by atoms with Gasteiger partial charge in [-0.1, -0.05) is 6.08 Å². The number of hydrogen-bond acceptors (Lipinski definition) is 7. The molecule has 0 aliphatic rings. The Bertz CT molecular complexity index is 989. The first-order valence-electron chi connectivity index (χ1n) is 10.8. The molecule has 0 fully saturated rings. The fraction of sp³-hybridized carbons (Fsp3) is 0.435. The van der Waals surface area contributed by atoms with Gasteiger partial charge in [0.25, 0.3) is 12.3 Å². The molecule has 2 aromatic heterocycles. The molecule has 0 saturated carbocycles. The third-order valence-corrected chi connectivity index (χ3v) is 4.42. The number of ether oxygens (including phenoxy) is 2. The van der Waals surface area contributed by atoms with E-state index in [1.165, 1.54) is 6.08 Å². The maximum Gasteiger partial charge on any atom is 0.272 e. The second-order valence-corrected chi connectivity index (χ2v) is 7.02. The van der Waals surface area contributed by atoms with Gasteiger partial charge >= 0.3 is 0 Å². The highest BCUT2D eigenvalue weighted by atomic mass is 19.3. The first-order chi connectivity index (χ1) is 16.3.